The lowest BCUT2D eigenvalue weighted by Crippen LogP contribution is -2.27. The number of hydrogen-bond donors (Lipinski definition) is 2. The van der Waals surface area contributed by atoms with E-state index in [1.807, 2.05) is 30.3 Å². The molecule has 110 valence electrons. The van der Waals surface area contributed by atoms with E-state index in [-0.39, 0.29) is 6.04 Å². The lowest BCUT2D eigenvalue weighted by atomic mass is 9.87. The van der Waals surface area contributed by atoms with Gasteiger partial charge in [0, 0.05) is 17.1 Å². The highest BCUT2D eigenvalue weighted by Gasteiger charge is 2.22. The Hall–Kier alpha value is -1.51. The van der Waals surface area contributed by atoms with Crippen LogP contribution in [-0.2, 0) is 6.42 Å². The fraction of sp³-hybridized carbons (Fsp3) is 0.333. The SMILES string of the molecule is CC(NC1CCCc2cc(O)ccc21)c1ccccc1Cl. The summed E-state index contributed by atoms with van der Waals surface area (Å²) in [6.45, 7) is 2.15. The number of fused-ring (bicyclic) bond motifs is 1. The van der Waals surface area contributed by atoms with Gasteiger partial charge in [0.05, 0.1) is 0 Å². The summed E-state index contributed by atoms with van der Waals surface area (Å²) in [4.78, 5) is 0. The van der Waals surface area contributed by atoms with Gasteiger partial charge in [0.15, 0.2) is 0 Å². The predicted octanol–water partition coefficient (Wildman–Crippen LogP) is 4.77. The van der Waals surface area contributed by atoms with Crippen molar-refractivity contribution in [2.75, 3.05) is 0 Å². The lowest BCUT2D eigenvalue weighted by Gasteiger charge is -2.30. The molecular weight excluding hydrogens is 282 g/mol. The Morgan fingerprint density at radius 2 is 2.05 bits per heavy atom. The largest absolute Gasteiger partial charge is 0.508 e. The molecule has 3 heteroatoms. The van der Waals surface area contributed by atoms with Gasteiger partial charge in [0.1, 0.15) is 5.75 Å². The molecule has 2 aromatic rings. The molecule has 0 amide bonds. The normalized spacial score (nSPS) is 19.0. The Morgan fingerprint density at radius 1 is 1.24 bits per heavy atom. The molecule has 2 unspecified atom stereocenters. The predicted molar refractivity (Wildman–Crippen MR) is 86.8 cm³/mol. The number of phenolic OH excluding ortho intramolecular Hbond substituents is 1. The number of hydrogen-bond acceptors (Lipinski definition) is 2. The second-order valence-corrected chi connectivity index (χ2v) is 6.14. The minimum atomic E-state index is 0.198. The maximum absolute atomic E-state index is 9.63. The van der Waals surface area contributed by atoms with E-state index in [1.54, 1.807) is 6.07 Å². The van der Waals surface area contributed by atoms with Gasteiger partial charge in [-0.05, 0) is 61.1 Å². The maximum atomic E-state index is 9.63. The summed E-state index contributed by atoms with van der Waals surface area (Å²) >= 11 is 6.28. The molecule has 3 rings (SSSR count). The average molecular weight is 302 g/mol. The Kier molecular flexibility index (Phi) is 4.18. The topological polar surface area (TPSA) is 32.3 Å². The van der Waals surface area contributed by atoms with Crippen LogP contribution in [0.1, 0.15) is 48.5 Å². The second-order valence-electron chi connectivity index (χ2n) is 5.74. The Bertz CT molecular complexity index is 641. The Labute approximate surface area is 130 Å². The number of rotatable bonds is 3. The molecule has 0 aromatic heterocycles. The Balaban J connectivity index is 1.82. The van der Waals surface area contributed by atoms with Gasteiger partial charge in [-0.15, -0.1) is 0 Å². The molecular formula is C18H20ClNO. The minimum absolute atomic E-state index is 0.198. The van der Waals surface area contributed by atoms with Crippen molar-refractivity contribution in [1.29, 1.82) is 0 Å². The summed E-state index contributed by atoms with van der Waals surface area (Å²) < 4.78 is 0. The van der Waals surface area contributed by atoms with Crippen molar-refractivity contribution in [3.05, 3.63) is 64.2 Å². The number of benzene rings is 2. The molecule has 2 aromatic carbocycles. The van der Waals surface area contributed by atoms with E-state index in [0.29, 0.717) is 11.8 Å². The first-order valence-corrected chi connectivity index (χ1v) is 7.85. The van der Waals surface area contributed by atoms with Crippen LogP contribution >= 0.6 is 11.6 Å². The number of aryl methyl sites for hydroxylation is 1. The highest BCUT2D eigenvalue weighted by atomic mass is 35.5. The van der Waals surface area contributed by atoms with E-state index < -0.39 is 0 Å². The minimum Gasteiger partial charge on any atom is -0.508 e. The molecule has 2 N–H and O–H groups in total. The van der Waals surface area contributed by atoms with Crippen LogP contribution in [0, 0.1) is 0 Å². The molecule has 0 spiro atoms. The molecule has 2 atom stereocenters. The number of halogens is 1. The summed E-state index contributed by atoms with van der Waals surface area (Å²) in [5.41, 5.74) is 3.69. The molecule has 2 nitrogen and oxygen atoms in total. The standard InChI is InChI=1S/C18H20ClNO/c1-12(15-6-2-3-7-17(15)19)20-18-8-4-5-13-11-14(21)9-10-16(13)18/h2-3,6-7,9-12,18,20-21H,4-5,8H2,1H3. The van der Waals surface area contributed by atoms with E-state index >= 15 is 0 Å². The highest BCUT2D eigenvalue weighted by molar-refractivity contribution is 6.31. The first-order valence-electron chi connectivity index (χ1n) is 7.47. The molecule has 21 heavy (non-hydrogen) atoms. The molecule has 0 saturated heterocycles. The van der Waals surface area contributed by atoms with Crippen LogP contribution in [-0.4, -0.2) is 5.11 Å². The van der Waals surface area contributed by atoms with Crippen molar-refractivity contribution < 1.29 is 5.11 Å². The highest BCUT2D eigenvalue weighted by Crippen LogP contribution is 2.34. The smallest absolute Gasteiger partial charge is 0.115 e. The zero-order valence-corrected chi connectivity index (χ0v) is 12.9. The first kappa shape index (κ1) is 14.4. The van der Waals surface area contributed by atoms with E-state index in [0.717, 1.165) is 29.8 Å². The van der Waals surface area contributed by atoms with Gasteiger partial charge >= 0.3 is 0 Å². The number of aromatic hydroxyl groups is 1. The zero-order valence-electron chi connectivity index (χ0n) is 12.1. The third-order valence-electron chi connectivity index (χ3n) is 4.26. The van der Waals surface area contributed by atoms with Crippen molar-refractivity contribution in [3.63, 3.8) is 0 Å². The van der Waals surface area contributed by atoms with Gasteiger partial charge < -0.3 is 10.4 Å². The van der Waals surface area contributed by atoms with Crippen LogP contribution in [0.15, 0.2) is 42.5 Å². The van der Waals surface area contributed by atoms with Gasteiger partial charge in [-0.3, -0.25) is 0 Å². The van der Waals surface area contributed by atoms with Crippen LogP contribution < -0.4 is 5.32 Å². The van der Waals surface area contributed by atoms with Crippen LogP contribution in [0.4, 0.5) is 0 Å². The average Bonchev–Trinajstić information content (AvgIpc) is 2.47. The molecule has 1 aliphatic rings. The summed E-state index contributed by atoms with van der Waals surface area (Å²) in [6.07, 6.45) is 3.30. The third-order valence-corrected chi connectivity index (χ3v) is 4.61. The quantitative estimate of drug-likeness (QED) is 0.855. The molecule has 0 heterocycles. The first-order chi connectivity index (χ1) is 10.1. The van der Waals surface area contributed by atoms with Crippen LogP contribution in [0.3, 0.4) is 0 Å². The van der Waals surface area contributed by atoms with Crippen LogP contribution in [0.2, 0.25) is 5.02 Å². The maximum Gasteiger partial charge on any atom is 0.115 e. The molecule has 0 fully saturated rings. The lowest BCUT2D eigenvalue weighted by molar-refractivity contribution is 0.413. The van der Waals surface area contributed by atoms with Crippen molar-refractivity contribution >= 4 is 11.6 Å². The zero-order chi connectivity index (χ0) is 14.8. The van der Waals surface area contributed by atoms with Gasteiger partial charge in [-0.25, -0.2) is 0 Å². The number of phenols is 1. The van der Waals surface area contributed by atoms with Crippen molar-refractivity contribution in [2.45, 2.75) is 38.3 Å². The van der Waals surface area contributed by atoms with Gasteiger partial charge in [-0.2, -0.15) is 0 Å². The van der Waals surface area contributed by atoms with Gasteiger partial charge in [0.2, 0.25) is 0 Å². The van der Waals surface area contributed by atoms with Crippen molar-refractivity contribution in [2.24, 2.45) is 0 Å². The monoisotopic (exact) mass is 301 g/mol. The molecule has 0 bridgehead atoms. The van der Waals surface area contributed by atoms with Crippen LogP contribution in [0.5, 0.6) is 5.75 Å². The Morgan fingerprint density at radius 3 is 2.86 bits per heavy atom. The van der Waals surface area contributed by atoms with E-state index in [1.165, 1.54) is 11.1 Å². The van der Waals surface area contributed by atoms with E-state index in [4.69, 9.17) is 11.6 Å². The molecule has 0 radical (unpaired) electrons. The van der Waals surface area contributed by atoms with Gasteiger partial charge in [-0.1, -0.05) is 35.9 Å². The van der Waals surface area contributed by atoms with Crippen LogP contribution in [0.25, 0.3) is 0 Å². The fourth-order valence-corrected chi connectivity index (χ4v) is 3.49. The summed E-state index contributed by atoms with van der Waals surface area (Å²) in [7, 11) is 0. The third kappa shape index (κ3) is 3.07. The summed E-state index contributed by atoms with van der Waals surface area (Å²) in [5, 5.41) is 14.1. The van der Waals surface area contributed by atoms with Crippen molar-refractivity contribution in [3.8, 4) is 5.75 Å². The summed E-state index contributed by atoms with van der Waals surface area (Å²) in [6, 6.07) is 14.2. The van der Waals surface area contributed by atoms with Gasteiger partial charge in [0.25, 0.3) is 0 Å². The number of nitrogens with one attached hydrogen (secondary N) is 1. The molecule has 0 aliphatic heterocycles. The summed E-state index contributed by atoms with van der Waals surface area (Å²) in [5.74, 6) is 0.355. The second kappa shape index (κ2) is 6.08. The fourth-order valence-electron chi connectivity index (χ4n) is 3.19. The van der Waals surface area contributed by atoms with E-state index in [9.17, 15) is 5.11 Å². The molecule has 1 aliphatic carbocycles. The van der Waals surface area contributed by atoms with Crippen molar-refractivity contribution in [1.82, 2.24) is 5.32 Å². The van der Waals surface area contributed by atoms with E-state index in [2.05, 4.69) is 18.3 Å². The molecule has 0 saturated carbocycles.